The summed E-state index contributed by atoms with van der Waals surface area (Å²) in [5, 5.41) is 0. The summed E-state index contributed by atoms with van der Waals surface area (Å²) in [6.07, 6.45) is 0. The van der Waals surface area contributed by atoms with Gasteiger partial charge >= 0.3 is 0 Å². The average molecular weight is 132 g/mol. The van der Waals surface area contributed by atoms with Crippen molar-refractivity contribution in [2.45, 2.75) is 0 Å². The normalized spacial score (nSPS) is 7.20. The van der Waals surface area contributed by atoms with Crippen LogP contribution in [0.25, 0.3) is 0 Å². The molecule has 0 saturated heterocycles. The molecule has 0 saturated carbocycles. The van der Waals surface area contributed by atoms with Gasteiger partial charge in [0.2, 0.25) is 0 Å². The van der Waals surface area contributed by atoms with Crippen LogP contribution in [0.1, 0.15) is 0 Å². The Bertz CT molecular complexity index is 11.6. The van der Waals surface area contributed by atoms with Gasteiger partial charge in [-0.2, -0.15) is 0 Å². The molecule has 0 bridgehead atoms. The van der Waals surface area contributed by atoms with E-state index in [-0.39, 0.29) is 17.6 Å². The topological polar surface area (TPSA) is 3.24 Å². The summed E-state index contributed by atoms with van der Waals surface area (Å²) >= 11 is 0. The Morgan fingerprint density at radius 3 is 1.00 bits per heavy atom. The first-order valence-electron chi connectivity index (χ1n) is 1.34. The Balaban J connectivity index is 0. The van der Waals surface area contributed by atoms with E-state index in [1.165, 1.54) is 0 Å². The number of hydrogen-bond acceptors (Lipinski definition) is 1. The first kappa shape index (κ1) is 9.09. The Morgan fingerprint density at radius 1 is 1.00 bits per heavy atom. The van der Waals surface area contributed by atoms with Crippen molar-refractivity contribution in [3.63, 3.8) is 0 Å². The molecule has 0 aromatic heterocycles. The zero-order valence-corrected chi connectivity index (χ0v) is 6.05. The van der Waals surface area contributed by atoms with Crippen LogP contribution in [0.5, 0.6) is 0 Å². The fourth-order valence-corrected chi connectivity index (χ4v) is 0. The van der Waals surface area contributed by atoms with Crippen LogP contribution in [0.3, 0.4) is 0 Å². The minimum absolute atomic E-state index is 0. The Labute approximate surface area is 44.3 Å². The van der Waals surface area contributed by atoms with E-state index in [1.807, 2.05) is 26.0 Å². The first-order valence-corrected chi connectivity index (χ1v) is 1.34. The van der Waals surface area contributed by atoms with Crippen molar-refractivity contribution < 1.29 is 0 Å². The quantitative estimate of drug-likeness (QED) is 0.412. The van der Waals surface area contributed by atoms with Crippen LogP contribution in [0.15, 0.2) is 0 Å². The summed E-state index contributed by atoms with van der Waals surface area (Å²) in [6, 6.07) is 0. The molecule has 2 heteroatoms. The molecule has 0 rings (SSSR count). The molecule has 0 aliphatic rings. The van der Waals surface area contributed by atoms with E-state index in [2.05, 4.69) is 0 Å². The fraction of sp³-hybridized carbons (Fsp3) is 1.00. The van der Waals surface area contributed by atoms with Gasteiger partial charge in [0.1, 0.15) is 0 Å². The summed E-state index contributed by atoms with van der Waals surface area (Å²) in [5.41, 5.74) is 0. The second kappa shape index (κ2) is 4.50. The van der Waals surface area contributed by atoms with Crippen LogP contribution < -0.4 is 0 Å². The molecule has 0 unspecified atom stereocenters. The summed E-state index contributed by atoms with van der Waals surface area (Å²) in [4.78, 5) is 2.00. The van der Waals surface area contributed by atoms with Crippen molar-refractivity contribution in [3.8, 4) is 0 Å². The second-order valence-corrected chi connectivity index (χ2v) is 1.34. The van der Waals surface area contributed by atoms with Gasteiger partial charge < -0.3 is 4.90 Å². The molecule has 0 heterocycles. The second-order valence-electron chi connectivity index (χ2n) is 1.34. The molecule has 0 aromatic rings. The Kier molecular flexibility index (Phi) is 8.19. The molecule has 0 spiro atoms. The zero-order chi connectivity index (χ0) is 3.58. The van der Waals surface area contributed by atoms with E-state index < -0.39 is 0 Å². The van der Waals surface area contributed by atoms with Gasteiger partial charge in [0.05, 0.1) is 0 Å². The molecule has 0 atom stereocenters. The molecular weight excluding hydrogens is 123 g/mol. The zero-order valence-electron chi connectivity index (χ0n) is 3.95. The van der Waals surface area contributed by atoms with Crippen molar-refractivity contribution in [1.29, 1.82) is 0 Å². The molecule has 0 aliphatic carbocycles. The third-order valence-electron chi connectivity index (χ3n) is 0. The molecule has 0 amide bonds. The summed E-state index contributed by atoms with van der Waals surface area (Å²) in [5.74, 6) is 0. The maximum Gasteiger partial charge on any atom is 0 e. The van der Waals surface area contributed by atoms with Crippen molar-refractivity contribution >= 4 is 17.6 Å². The van der Waals surface area contributed by atoms with Crippen molar-refractivity contribution in [1.82, 2.24) is 4.90 Å². The molecule has 4 radical (unpaired) electrons. The van der Waals surface area contributed by atoms with Gasteiger partial charge in [0.25, 0.3) is 0 Å². The van der Waals surface area contributed by atoms with Gasteiger partial charge in [-0.1, -0.05) is 0 Å². The molecule has 5 heavy (non-hydrogen) atoms. The predicted molar refractivity (Wildman–Crippen MR) is 25.4 cm³/mol. The number of nitrogens with zero attached hydrogens (tertiary/aromatic N) is 1. The van der Waals surface area contributed by atoms with Crippen LogP contribution in [0, 0.1) is 0 Å². The monoisotopic (exact) mass is 133 g/mol. The van der Waals surface area contributed by atoms with Crippen LogP contribution in [-0.4, -0.2) is 43.6 Å². The fourth-order valence-electron chi connectivity index (χ4n) is 0. The summed E-state index contributed by atoms with van der Waals surface area (Å²) in [6.45, 7) is 0. The third kappa shape index (κ3) is 112. The standard InChI is InChI=1S/C3H9N.Ge/c1-4(2)3;/h1-3H3;. The average Bonchev–Trinajstić information content (AvgIpc) is 0.811. The van der Waals surface area contributed by atoms with E-state index in [0.717, 1.165) is 0 Å². The van der Waals surface area contributed by atoms with Gasteiger partial charge in [-0.15, -0.1) is 0 Å². The van der Waals surface area contributed by atoms with Gasteiger partial charge in [-0.25, -0.2) is 0 Å². The number of hydrogen-bond donors (Lipinski definition) is 0. The van der Waals surface area contributed by atoms with E-state index in [4.69, 9.17) is 0 Å². The van der Waals surface area contributed by atoms with E-state index >= 15 is 0 Å². The van der Waals surface area contributed by atoms with E-state index in [9.17, 15) is 0 Å². The minimum atomic E-state index is 0. The van der Waals surface area contributed by atoms with Gasteiger partial charge in [0.15, 0.2) is 0 Å². The molecule has 1 nitrogen and oxygen atoms in total. The molecular formula is C3H9GeN. The van der Waals surface area contributed by atoms with Crippen LogP contribution in [0.4, 0.5) is 0 Å². The van der Waals surface area contributed by atoms with E-state index in [0.29, 0.717) is 0 Å². The van der Waals surface area contributed by atoms with Crippen molar-refractivity contribution in [2.24, 2.45) is 0 Å². The van der Waals surface area contributed by atoms with Gasteiger partial charge in [0, 0.05) is 17.6 Å². The number of rotatable bonds is 0. The molecule has 0 aliphatic heterocycles. The SMILES string of the molecule is CN(C)C.[Ge]. The maximum atomic E-state index is 2.00. The maximum absolute atomic E-state index is 2.00. The Hall–Kier alpha value is 0.503. The molecule has 0 aromatic carbocycles. The molecule has 0 fully saturated rings. The first-order chi connectivity index (χ1) is 1.73. The molecule has 30 valence electrons. The molecule has 0 N–H and O–H groups in total. The summed E-state index contributed by atoms with van der Waals surface area (Å²) in [7, 11) is 6.00. The van der Waals surface area contributed by atoms with Gasteiger partial charge in [-0.05, 0) is 21.1 Å². The summed E-state index contributed by atoms with van der Waals surface area (Å²) < 4.78 is 0. The van der Waals surface area contributed by atoms with Crippen LogP contribution in [-0.2, 0) is 0 Å². The van der Waals surface area contributed by atoms with Crippen LogP contribution >= 0.6 is 0 Å². The predicted octanol–water partition coefficient (Wildman–Crippen LogP) is -0.203. The largest absolute Gasteiger partial charge is 0.312 e. The van der Waals surface area contributed by atoms with Crippen molar-refractivity contribution in [3.05, 3.63) is 0 Å². The third-order valence-corrected chi connectivity index (χ3v) is 0. The Morgan fingerprint density at radius 2 is 1.00 bits per heavy atom. The minimum Gasteiger partial charge on any atom is -0.312 e. The van der Waals surface area contributed by atoms with Crippen LogP contribution in [0.2, 0.25) is 0 Å². The van der Waals surface area contributed by atoms with Crippen molar-refractivity contribution in [2.75, 3.05) is 21.1 Å². The van der Waals surface area contributed by atoms with Gasteiger partial charge in [-0.3, -0.25) is 0 Å². The van der Waals surface area contributed by atoms with E-state index in [1.54, 1.807) is 0 Å². The smallest absolute Gasteiger partial charge is 0 e.